The van der Waals surface area contributed by atoms with E-state index in [9.17, 15) is 9.59 Å². The Morgan fingerprint density at radius 3 is 2.06 bits per heavy atom. The van der Waals surface area contributed by atoms with E-state index in [1.54, 1.807) is 0 Å². The molecule has 5 nitrogen and oxygen atoms in total. The Kier molecular flexibility index (Phi) is 2.51. The van der Waals surface area contributed by atoms with Crippen LogP contribution in [0.25, 0.3) is 0 Å². The molecule has 1 heterocycles. The quantitative estimate of drug-likeness (QED) is 0.417. The van der Waals surface area contributed by atoms with E-state index in [2.05, 4.69) is 0 Å². The van der Waals surface area contributed by atoms with Gasteiger partial charge in [-0.1, -0.05) is 0 Å². The molecule has 0 aromatic heterocycles. The number of epoxide rings is 1. The van der Waals surface area contributed by atoms with E-state index in [4.69, 9.17) is 14.2 Å². The molecule has 96 valence electrons. The van der Waals surface area contributed by atoms with Crippen LogP contribution in [0.15, 0.2) is 0 Å². The maximum atomic E-state index is 11.2. The van der Waals surface area contributed by atoms with E-state index in [-0.39, 0.29) is 5.60 Å². The van der Waals surface area contributed by atoms with Crippen molar-refractivity contribution in [3.63, 3.8) is 0 Å². The SMILES string of the molecule is CC(=O)OC1(OC(C)=O)CCCC2(C)OC21C. The summed E-state index contributed by atoms with van der Waals surface area (Å²) < 4.78 is 16.3. The number of hydrogen-bond donors (Lipinski definition) is 0. The van der Waals surface area contributed by atoms with E-state index in [0.29, 0.717) is 6.42 Å². The normalized spacial score (nSPS) is 37.9. The van der Waals surface area contributed by atoms with Crippen molar-refractivity contribution < 1.29 is 23.8 Å². The van der Waals surface area contributed by atoms with Gasteiger partial charge in [0.1, 0.15) is 5.60 Å². The van der Waals surface area contributed by atoms with Gasteiger partial charge >= 0.3 is 11.9 Å². The second kappa shape index (κ2) is 3.45. The molecule has 0 spiro atoms. The van der Waals surface area contributed by atoms with E-state index >= 15 is 0 Å². The van der Waals surface area contributed by atoms with Gasteiger partial charge in [0.2, 0.25) is 0 Å². The average molecular weight is 242 g/mol. The van der Waals surface area contributed by atoms with Crippen molar-refractivity contribution in [2.45, 2.75) is 63.9 Å². The molecule has 0 aromatic carbocycles. The fraction of sp³-hybridized carbons (Fsp3) is 0.833. The molecule has 0 amide bonds. The van der Waals surface area contributed by atoms with E-state index < -0.39 is 23.3 Å². The summed E-state index contributed by atoms with van der Waals surface area (Å²) in [6.07, 6.45) is 2.17. The van der Waals surface area contributed by atoms with Crippen LogP contribution in [0.5, 0.6) is 0 Å². The number of rotatable bonds is 2. The van der Waals surface area contributed by atoms with Crippen LogP contribution in [-0.4, -0.2) is 28.9 Å². The first-order valence-electron chi connectivity index (χ1n) is 5.84. The van der Waals surface area contributed by atoms with Crippen LogP contribution in [0.3, 0.4) is 0 Å². The lowest BCUT2D eigenvalue weighted by molar-refractivity contribution is -0.253. The molecule has 0 N–H and O–H groups in total. The number of fused-ring (bicyclic) bond motifs is 1. The van der Waals surface area contributed by atoms with E-state index in [1.807, 2.05) is 13.8 Å². The van der Waals surface area contributed by atoms with Crippen LogP contribution in [0.2, 0.25) is 0 Å². The minimum atomic E-state index is -1.27. The van der Waals surface area contributed by atoms with Crippen LogP contribution in [0, 0.1) is 0 Å². The lowest BCUT2D eigenvalue weighted by Crippen LogP contribution is -2.55. The van der Waals surface area contributed by atoms with Crippen molar-refractivity contribution in [2.24, 2.45) is 0 Å². The molecular weight excluding hydrogens is 224 g/mol. The Morgan fingerprint density at radius 1 is 1.06 bits per heavy atom. The highest BCUT2D eigenvalue weighted by molar-refractivity contribution is 5.69. The molecule has 2 aliphatic rings. The summed E-state index contributed by atoms with van der Waals surface area (Å²) in [6, 6.07) is 0. The van der Waals surface area contributed by atoms with E-state index in [0.717, 1.165) is 12.8 Å². The Hall–Kier alpha value is -1.10. The zero-order valence-electron chi connectivity index (χ0n) is 10.7. The maximum absolute atomic E-state index is 11.2. The molecule has 1 saturated heterocycles. The molecule has 1 aliphatic carbocycles. The fourth-order valence-corrected chi connectivity index (χ4v) is 2.87. The molecular formula is C12H18O5. The Bertz CT molecular complexity index is 361. The lowest BCUT2D eigenvalue weighted by atomic mass is 9.76. The standard InChI is InChI=1S/C12H18O5/c1-8(13)15-12(16-9(2)14)7-5-6-10(3)11(12,4)17-10/h5-7H2,1-4H3. The van der Waals surface area contributed by atoms with E-state index in [1.165, 1.54) is 13.8 Å². The minimum absolute atomic E-state index is 0.365. The average Bonchev–Trinajstić information content (AvgIpc) is 2.68. The van der Waals surface area contributed by atoms with Crippen LogP contribution < -0.4 is 0 Å². The lowest BCUT2D eigenvalue weighted by Gasteiger charge is -2.39. The number of ether oxygens (including phenoxy) is 3. The fourth-order valence-electron chi connectivity index (χ4n) is 2.87. The highest BCUT2D eigenvalue weighted by Crippen LogP contribution is 2.63. The first kappa shape index (κ1) is 12.4. The predicted octanol–water partition coefficient (Wildman–Crippen LogP) is 1.54. The molecule has 1 aliphatic heterocycles. The van der Waals surface area contributed by atoms with Crippen LogP contribution in [0.1, 0.15) is 47.0 Å². The molecule has 2 unspecified atom stereocenters. The smallest absolute Gasteiger partial charge is 0.306 e. The number of carbonyl (C=O) groups excluding carboxylic acids is 2. The first-order chi connectivity index (χ1) is 7.75. The van der Waals surface area contributed by atoms with Gasteiger partial charge in [-0.05, 0) is 26.7 Å². The molecule has 2 atom stereocenters. The molecule has 1 saturated carbocycles. The van der Waals surface area contributed by atoms with Gasteiger partial charge in [0, 0.05) is 20.3 Å². The van der Waals surface area contributed by atoms with Gasteiger partial charge in [-0.25, -0.2) is 0 Å². The number of esters is 2. The summed E-state index contributed by atoms with van der Waals surface area (Å²) in [7, 11) is 0. The van der Waals surface area contributed by atoms with Crippen LogP contribution >= 0.6 is 0 Å². The molecule has 0 radical (unpaired) electrons. The number of carbonyl (C=O) groups is 2. The second-order valence-electron chi connectivity index (χ2n) is 5.16. The highest BCUT2D eigenvalue weighted by atomic mass is 16.8. The van der Waals surface area contributed by atoms with Crippen molar-refractivity contribution in [1.82, 2.24) is 0 Å². The third-order valence-electron chi connectivity index (χ3n) is 3.90. The van der Waals surface area contributed by atoms with Crippen molar-refractivity contribution in [3.8, 4) is 0 Å². The first-order valence-corrected chi connectivity index (χ1v) is 5.84. The second-order valence-corrected chi connectivity index (χ2v) is 5.16. The Balaban J connectivity index is 2.32. The Labute approximate surface area is 100 Å². The number of hydrogen-bond acceptors (Lipinski definition) is 5. The van der Waals surface area contributed by atoms with Crippen molar-refractivity contribution in [3.05, 3.63) is 0 Å². The van der Waals surface area contributed by atoms with Crippen molar-refractivity contribution in [2.75, 3.05) is 0 Å². The molecule has 2 rings (SSSR count). The predicted molar refractivity (Wildman–Crippen MR) is 58.0 cm³/mol. The van der Waals surface area contributed by atoms with Gasteiger partial charge in [0.25, 0.3) is 5.79 Å². The molecule has 0 aromatic rings. The van der Waals surface area contributed by atoms with Gasteiger partial charge < -0.3 is 14.2 Å². The van der Waals surface area contributed by atoms with Gasteiger partial charge in [-0.15, -0.1) is 0 Å². The zero-order chi connectivity index (χ0) is 12.9. The summed E-state index contributed by atoms with van der Waals surface area (Å²) in [6.45, 7) is 6.40. The zero-order valence-corrected chi connectivity index (χ0v) is 10.7. The molecule has 5 heteroatoms. The summed E-state index contributed by atoms with van der Waals surface area (Å²) in [5.74, 6) is -2.20. The monoisotopic (exact) mass is 242 g/mol. The van der Waals surface area contributed by atoms with Gasteiger partial charge in [0.15, 0.2) is 5.60 Å². The molecule has 0 bridgehead atoms. The van der Waals surface area contributed by atoms with Crippen molar-refractivity contribution >= 4 is 11.9 Å². The van der Waals surface area contributed by atoms with Crippen LogP contribution in [0.4, 0.5) is 0 Å². The summed E-state index contributed by atoms with van der Waals surface area (Å²) in [5, 5.41) is 0. The summed E-state index contributed by atoms with van der Waals surface area (Å²) in [5.41, 5.74) is -1.09. The summed E-state index contributed by atoms with van der Waals surface area (Å²) >= 11 is 0. The molecule has 2 fully saturated rings. The highest BCUT2D eigenvalue weighted by Gasteiger charge is 2.79. The summed E-state index contributed by atoms with van der Waals surface area (Å²) in [4.78, 5) is 22.5. The van der Waals surface area contributed by atoms with Crippen LogP contribution in [-0.2, 0) is 23.8 Å². The largest absolute Gasteiger partial charge is 0.419 e. The topological polar surface area (TPSA) is 65.1 Å². The van der Waals surface area contributed by atoms with Crippen molar-refractivity contribution in [1.29, 1.82) is 0 Å². The molecule has 17 heavy (non-hydrogen) atoms. The Morgan fingerprint density at radius 2 is 1.59 bits per heavy atom. The minimum Gasteiger partial charge on any atom is -0.419 e. The van der Waals surface area contributed by atoms with Gasteiger partial charge in [0.05, 0.1) is 0 Å². The van der Waals surface area contributed by atoms with Gasteiger partial charge in [-0.2, -0.15) is 0 Å². The third kappa shape index (κ3) is 1.64. The van der Waals surface area contributed by atoms with Gasteiger partial charge in [-0.3, -0.25) is 9.59 Å². The maximum Gasteiger partial charge on any atom is 0.306 e. The third-order valence-corrected chi connectivity index (χ3v) is 3.90.